The van der Waals surface area contributed by atoms with Gasteiger partial charge in [-0.2, -0.15) is 9.97 Å². The smallest absolute Gasteiger partial charge is 0.319 e. The number of nitrogens with zero attached hydrogens (tertiary/aromatic N) is 5. The molecule has 6 rings (SSSR count). The number of halogens is 1. The van der Waals surface area contributed by atoms with Gasteiger partial charge in [0.1, 0.15) is 12.4 Å². The first kappa shape index (κ1) is 27.2. The number of benzene rings is 2. The number of pyridine rings is 1. The van der Waals surface area contributed by atoms with Gasteiger partial charge in [-0.05, 0) is 85.1 Å². The van der Waals surface area contributed by atoms with E-state index in [-0.39, 0.29) is 11.1 Å². The van der Waals surface area contributed by atoms with Gasteiger partial charge in [-0.1, -0.05) is 41.9 Å². The molecule has 1 N–H and O–H groups in total. The van der Waals surface area contributed by atoms with Gasteiger partial charge in [0, 0.05) is 39.8 Å². The maximum absolute atomic E-state index is 6.70. The van der Waals surface area contributed by atoms with E-state index >= 15 is 0 Å². The second-order valence-electron chi connectivity index (χ2n) is 12.3. The number of aryl methyl sites for hydroxylation is 1. The maximum Gasteiger partial charge on any atom is 0.319 e. The second kappa shape index (κ2) is 10.4. The zero-order chi connectivity index (χ0) is 28.1. The molecule has 210 valence electrons. The molecule has 0 aliphatic carbocycles. The fourth-order valence-corrected chi connectivity index (χ4v) is 6.56. The minimum Gasteiger partial charge on any atom is -0.461 e. The summed E-state index contributed by atoms with van der Waals surface area (Å²) in [5, 5.41) is 7.29. The number of likely N-dealkylation sites (N-methyl/N-ethyl adjacent to an activating group) is 1. The zero-order valence-corrected chi connectivity index (χ0v) is 25.0. The Morgan fingerprint density at radius 2 is 1.80 bits per heavy atom. The first-order chi connectivity index (χ1) is 19.2. The average molecular weight is 559 g/mol. The van der Waals surface area contributed by atoms with E-state index in [1.54, 1.807) is 0 Å². The van der Waals surface area contributed by atoms with Crippen LogP contribution in [0.4, 0.5) is 5.82 Å². The Balaban J connectivity index is 1.44. The SMILES string of the molecule is Cc1c(-c2cccc3cccc(Cl)c23)ncc2c(NCC(C)(C)N(C)C)nc(OCC34CCCN3CCC4)nc12. The first-order valence-corrected chi connectivity index (χ1v) is 14.7. The molecule has 8 heteroatoms. The van der Waals surface area contributed by atoms with Crippen LogP contribution in [0.2, 0.25) is 5.02 Å². The Morgan fingerprint density at radius 1 is 1.07 bits per heavy atom. The van der Waals surface area contributed by atoms with Gasteiger partial charge in [0.05, 0.1) is 22.1 Å². The van der Waals surface area contributed by atoms with E-state index in [9.17, 15) is 0 Å². The Kier molecular flexibility index (Phi) is 7.09. The van der Waals surface area contributed by atoms with E-state index in [0.717, 1.165) is 57.4 Å². The first-order valence-electron chi connectivity index (χ1n) is 14.3. The molecule has 0 unspecified atom stereocenters. The zero-order valence-electron chi connectivity index (χ0n) is 24.2. The summed E-state index contributed by atoms with van der Waals surface area (Å²) in [5.74, 6) is 0.750. The van der Waals surface area contributed by atoms with Crippen LogP contribution in [-0.4, -0.2) is 76.2 Å². The molecule has 2 aromatic heterocycles. The van der Waals surface area contributed by atoms with Crippen LogP contribution in [0.15, 0.2) is 42.6 Å². The van der Waals surface area contributed by atoms with Crippen LogP contribution in [0.5, 0.6) is 6.01 Å². The normalized spacial score (nSPS) is 17.2. The van der Waals surface area contributed by atoms with Gasteiger partial charge < -0.3 is 15.0 Å². The van der Waals surface area contributed by atoms with Gasteiger partial charge in [0.25, 0.3) is 0 Å². The molecule has 2 saturated heterocycles. The highest BCUT2D eigenvalue weighted by molar-refractivity contribution is 6.36. The Bertz CT molecular complexity index is 1550. The molecule has 2 aliphatic rings. The lowest BCUT2D eigenvalue weighted by Crippen LogP contribution is -2.44. The van der Waals surface area contributed by atoms with Crippen molar-refractivity contribution in [2.24, 2.45) is 0 Å². The number of hydrogen-bond donors (Lipinski definition) is 1. The Morgan fingerprint density at radius 3 is 2.52 bits per heavy atom. The largest absolute Gasteiger partial charge is 0.461 e. The molecule has 2 fully saturated rings. The molecule has 2 aliphatic heterocycles. The van der Waals surface area contributed by atoms with Gasteiger partial charge in [-0.25, -0.2) is 0 Å². The fourth-order valence-electron chi connectivity index (χ4n) is 6.28. The Hall–Kier alpha value is -3.00. The predicted octanol–water partition coefficient (Wildman–Crippen LogP) is 6.57. The molecular formula is C32H39ClN6O. The number of hydrogen-bond acceptors (Lipinski definition) is 7. The van der Waals surface area contributed by atoms with Crippen molar-refractivity contribution in [2.75, 3.05) is 45.7 Å². The van der Waals surface area contributed by atoms with Crippen molar-refractivity contribution in [3.63, 3.8) is 0 Å². The summed E-state index contributed by atoms with van der Waals surface area (Å²) < 4.78 is 6.46. The highest BCUT2D eigenvalue weighted by Gasteiger charge is 2.45. The fraction of sp³-hybridized carbons (Fsp3) is 0.469. The van der Waals surface area contributed by atoms with Crippen molar-refractivity contribution < 1.29 is 4.74 Å². The topological polar surface area (TPSA) is 66.4 Å². The lowest BCUT2D eigenvalue weighted by Gasteiger charge is -2.33. The molecule has 0 atom stereocenters. The summed E-state index contributed by atoms with van der Waals surface area (Å²) in [7, 11) is 4.19. The van der Waals surface area contributed by atoms with Crippen LogP contribution in [0.25, 0.3) is 32.9 Å². The number of nitrogens with one attached hydrogen (secondary N) is 1. The molecule has 0 radical (unpaired) electrons. The van der Waals surface area contributed by atoms with Crippen molar-refractivity contribution in [1.29, 1.82) is 0 Å². The summed E-state index contributed by atoms with van der Waals surface area (Å²) in [6, 6.07) is 12.6. The van der Waals surface area contributed by atoms with Gasteiger partial charge in [0.15, 0.2) is 0 Å². The molecule has 4 heterocycles. The summed E-state index contributed by atoms with van der Waals surface area (Å²) >= 11 is 6.70. The molecule has 0 bridgehead atoms. The number of aromatic nitrogens is 3. The molecule has 40 heavy (non-hydrogen) atoms. The molecule has 0 saturated carbocycles. The predicted molar refractivity (Wildman–Crippen MR) is 165 cm³/mol. The van der Waals surface area contributed by atoms with Crippen molar-refractivity contribution in [3.05, 3.63) is 53.2 Å². The third kappa shape index (κ3) is 4.78. The summed E-state index contributed by atoms with van der Waals surface area (Å²) in [6.45, 7) is 10.2. The number of fused-ring (bicyclic) bond motifs is 3. The third-order valence-electron chi connectivity index (χ3n) is 9.25. The maximum atomic E-state index is 6.70. The van der Waals surface area contributed by atoms with Crippen molar-refractivity contribution in [1.82, 2.24) is 24.8 Å². The van der Waals surface area contributed by atoms with Gasteiger partial charge in [-0.15, -0.1) is 0 Å². The van der Waals surface area contributed by atoms with E-state index in [0.29, 0.717) is 24.2 Å². The van der Waals surface area contributed by atoms with Crippen LogP contribution in [0.1, 0.15) is 45.1 Å². The summed E-state index contributed by atoms with van der Waals surface area (Å²) in [6.07, 6.45) is 6.71. The average Bonchev–Trinajstić information content (AvgIpc) is 3.52. The number of anilines is 1. The van der Waals surface area contributed by atoms with Crippen molar-refractivity contribution >= 4 is 39.1 Å². The lowest BCUT2D eigenvalue weighted by molar-refractivity contribution is 0.108. The van der Waals surface area contributed by atoms with Crippen LogP contribution in [-0.2, 0) is 0 Å². The van der Waals surface area contributed by atoms with E-state index in [4.69, 9.17) is 31.3 Å². The van der Waals surface area contributed by atoms with Crippen LogP contribution in [0, 0.1) is 6.92 Å². The Labute approximate surface area is 241 Å². The van der Waals surface area contributed by atoms with Gasteiger partial charge in [-0.3, -0.25) is 9.88 Å². The molecular weight excluding hydrogens is 520 g/mol. The second-order valence-corrected chi connectivity index (χ2v) is 12.7. The minimum atomic E-state index is -0.0758. The monoisotopic (exact) mass is 558 g/mol. The highest BCUT2D eigenvalue weighted by Crippen LogP contribution is 2.40. The van der Waals surface area contributed by atoms with Crippen LogP contribution < -0.4 is 10.1 Å². The molecule has 0 amide bonds. The number of rotatable bonds is 8. The van der Waals surface area contributed by atoms with Gasteiger partial charge in [0.2, 0.25) is 0 Å². The van der Waals surface area contributed by atoms with Crippen LogP contribution in [0.3, 0.4) is 0 Å². The van der Waals surface area contributed by atoms with E-state index < -0.39 is 0 Å². The molecule has 2 aromatic carbocycles. The highest BCUT2D eigenvalue weighted by atomic mass is 35.5. The van der Waals surface area contributed by atoms with E-state index in [1.165, 1.54) is 25.7 Å². The lowest BCUT2D eigenvalue weighted by atomic mass is 9.95. The molecule has 0 spiro atoms. The summed E-state index contributed by atoms with van der Waals surface area (Å²) in [4.78, 5) is 19.7. The third-order valence-corrected chi connectivity index (χ3v) is 9.56. The molecule has 7 nitrogen and oxygen atoms in total. The quantitative estimate of drug-likeness (QED) is 0.262. The van der Waals surface area contributed by atoms with E-state index in [2.05, 4.69) is 74.2 Å². The minimum absolute atomic E-state index is 0.0758. The van der Waals surface area contributed by atoms with Crippen molar-refractivity contribution in [2.45, 2.75) is 57.5 Å². The van der Waals surface area contributed by atoms with Crippen LogP contribution >= 0.6 is 11.6 Å². The number of ether oxygens (including phenoxy) is 1. The standard InChI is InChI=1S/C32H39ClN6O/c1-21-27(23-12-6-10-22-11-7-13-25(33)26(22)23)34-18-24-28(21)36-30(37-29(24)35-19-31(2,3)38(4)5)40-20-32-14-8-16-39(32)17-9-15-32/h6-7,10-13,18H,8-9,14-17,19-20H2,1-5H3,(H,35,36,37). The summed E-state index contributed by atoms with van der Waals surface area (Å²) in [5.41, 5.74) is 3.74. The van der Waals surface area contributed by atoms with Crippen molar-refractivity contribution in [3.8, 4) is 17.3 Å². The van der Waals surface area contributed by atoms with E-state index in [1.807, 2.05) is 18.3 Å². The van der Waals surface area contributed by atoms with Gasteiger partial charge >= 0.3 is 6.01 Å². The molecule has 4 aromatic rings.